The molecule has 1 unspecified atom stereocenters. The van der Waals surface area contributed by atoms with Crippen LogP contribution in [-0.2, 0) is 16.1 Å². The topological polar surface area (TPSA) is 58.6 Å². The van der Waals surface area contributed by atoms with Crippen molar-refractivity contribution in [2.24, 2.45) is 5.92 Å². The minimum Gasteiger partial charge on any atom is -0.496 e. The first kappa shape index (κ1) is 17.0. The fourth-order valence-corrected chi connectivity index (χ4v) is 2.14. The molecule has 0 aliphatic carbocycles. The molecule has 1 aromatic carbocycles. The summed E-state index contributed by atoms with van der Waals surface area (Å²) in [5, 5.41) is 2.71. The van der Waals surface area contributed by atoms with Crippen molar-refractivity contribution >= 4 is 11.8 Å². The van der Waals surface area contributed by atoms with E-state index in [1.807, 2.05) is 38.1 Å². The summed E-state index contributed by atoms with van der Waals surface area (Å²) >= 11 is 0. The Kier molecular flexibility index (Phi) is 6.21. The fourth-order valence-electron chi connectivity index (χ4n) is 2.14. The molecule has 0 heterocycles. The number of methoxy groups -OCH3 is 1. The van der Waals surface area contributed by atoms with Gasteiger partial charge in [0.25, 0.3) is 0 Å². The Hall–Kier alpha value is -2.04. The van der Waals surface area contributed by atoms with E-state index in [9.17, 15) is 9.59 Å². The molecule has 5 nitrogen and oxygen atoms in total. The summed E-state index contributed by atoms with van der Waals surface area (Å²) in [7, 11) is 3.33. The third kappa shape index (κ3) is 4.77. The average Bonchev–Trinajstić information content (AvgIpc) is 2.44. The molecule has 1 rings (SSSR count). The molecule has 1 N–H and O–H groups in total. The van der Waals surface area contributed by atoms with Gasteiger partial charge < -0.3 is 15.0 Å². The van der Waals surface area contributed by atoms with Crippen molar-refractivity contribution in [2.75, 3.05) is 14.2 Å². The summed E-state index contributed by atoms with van der Waals surface area (Å²) in [4.78, 5) is 25.3. The van der Waals surface area contributed by atoms with Gasteiger partial charge in [-0.1, -0.05) is 32.0 Å². The third-order valence-corrected chi connectivity index (χ3v) is 3.27. The average molecular weight is 292 g/mol. The molecule has 0 aromatic heterocycles. The quantitative estimate of drug-likeness (QED) is 0.870. The molecule has 21 heavy (non-hydrogen) atoms. The minimum absolute atomic E-state index is 0.0292. The van der Waals surface area contributed by atoms with E-state index in [0.29, 0.717) is 6.54 Å². The second-order valence-corrected chi connectivity index (χ2v) is 5.43. The standard InChI is InChI=1S/C16H24N2O3/c1-11(2)15(17-12(3)19)16(20)18(4)10-13-8-6-7-9-14(13)21-5/h6-9,11,15H,10H2,1-5H3,(H,17,19). The number of rotatable bonds is 6. The van der Waals surface area contributed by atoms with Gasteiger partial charge in [0.2, 0.25) is 11.8 Å². The number of nitrogens with one attached hydrogen (secondary N) is 1. The number of likely N-dealkylation sites (N-methyl/N-ethyl adjacent to an activating group) is 1. The van der Waals surface area contributed by atoms with Gasteiger partial charge in [0.1, 0.15) is 11.8 Å². The Bertz CT molecular complexity index is 500. The molecule has 116 valence electrons. The number of benzene rings is 1. The van der Waals surface area contributed by atoms with Crippen molar-refractivity contribution in [3.63, 3.8) is 0 Å². The first-order chi connectivity index (χ1) is 9.86. The lowest BCUT2D eigenvalue weighted by Crippen LogP contribution is -2.49. The van der Waals surface area contributed by atoms with Crippen LogP contribution in [0.3, 0.4) is 0 Å². The highest BCUT2D eigenvalue weighted by Gasteiger charge is 2.26. The van der Waals surface area contributed by atoms with Gasteiger partial charge in [-0.05, 0) is 12.0 Å². The second kappa shape index (κ2) is 7.67. The molecular formula is C16H24N2O3. The molecule has 0 bridgehead atoms. The summed E-state index contributed by atoms with van der Waals surface area (Å²) in [6, 6.07) is 7.07. The first-order valence-corrected chi connectivity index (χ1v) is 7.00. The Morgan fingerprint density at radius 1 is 1.29 bits per heavy atom. The van der Waals surface area contributed by atoms with Crippen LogP contribution in [0.5, 0.6) is 5.75 Å². The van der Waals surface area contributed by atoms with E-state index in [-0.39, 0.29) is 17.7 Å². The molecule has 0 aliphatic heterocycles. The Morgan fingerprint density at radius 2 is 1.90 bits per heavy atom. The van der Waals surface area contributed by atoms with Crippen LogP contribution in [0.4, 0.5) is 0 Å². The molecule has 0 aliphatic rings. The number of hydrogen-bond acceptors (Lipinski definition) is 3. The van der Waals surface area contributed by atoms with Crippen LogP contribution >= 0.6 is 0 Å². The maximum atomic E-state index is 12.5. The number of ether oxygens (including phenoxy) is 1. The summed E-state index contributed by atoms with van der Waals surface area (Å²) in [6.45, 7) is 5.68. The van der Waals surface area contributed by atoms with E-state index in [0.717, 1.165) is 11.3 Å². The highest BCUT2D eigenvalue weighted by atomic mass is 16.5. The monoisotopic (exact) mass is 292 g/mol. The summed E-state index contributed by atoms with van der Waals surface area (Å²) in [5.74, 6) is 0.471. The predicted molar refractivity (Wildman–Crippen MR) is 81.9 cm³/mol. The van der Waals surface area contributed by atoms with Crippen LogP contribution < -0.4 is 10.1 Å². The summed E-state index contributed by atoms with van der Waals surface area (Å²) in [6.07, 6.45) is 0. The van der Waals surface area contributed by atoms with Gasteiger partial charge in [-0.2, -0.15) is 0 Å². The molecule has 0 fully saturated rings. The van der Waals surface area contributed by atoms with Gasteiger partial charge in [-0.3, -0.25) is 9.59 Å². The summed E-state index contributed by atoms with van der Waals surface area (Å²) < 4.78 is 5.29. The first-order valence-electron chi connectivity index (χ1n) is 7.00. The van der Waals surface area contributed by atoms with E-state index < -0.39 is 6.04 Å². The Balaban J connectivity index is 2.83. The van der Waals surface area contributed by atoms with E-state index in [2.05, 4.69) is 5.32 Å². The van der Waals surface area contributed by atoms with Crippen LogP contribution in [0.25, 0.3) is 0 Å². The highest BCUT2D eigenvalue weighted by Crippen LogP contribution is 2.19. The molecule has 1 atom stereocenters. The van der Waals surface area contributed by atoms with Crippen molar-refractivity contribution in [3.05, 3.63) is 29.8 Å². The van der Waals surface area contributed by atoms with Crippen molar-refractivity contribution < 1.29 is 14.3 Å². The summed E-state index contributed by atoms with van der Waals surface area (Å²) in [5.41, 5.74) is 0.932. The van der Waals surface area contributed by atoms with Gasteiger partial charge in [0, 0.05) is 26.1 Å². The molecule has 0 saturated heterocycles. The molecule has 0 radical (unpaired) electrons. The normalized spacial score (nSPS) is 11.9. The number of hydrogen-bond donors (Lipinski definition) is 1. The van der Waals surface area contributed by atoms with Crippen molar-refractivity contribution in [2.45, 2.75) is 33.4 Å². The molecule has 1 aromatic rings. The zero-order chi connectivity index (χ0) is 16.0. The maximum absolute atomic E-state index is 12.5. The maximum Gasteiger partial charge on any atom is 0.245 e. The number of carbonyl (C=O) groups is 2. The van der Waals surface area contributed by atoms with Gasteiger partial charge in [-0.15, -0.1) is 0 Å². The van der Waals surface area contributed by atoms with Crippen molar-refractivity contribution in [1.29, 1.82) is 0 Å². The van der Waals surface area contributed by atoms with E-state index >= 15 is 0 Å². The van der Waals surface area contributed by atoms with Crippen LogP contribution in [0.1, 0.15) is 26.3 Å². The molecule has 5 heteroatoms. The van der Waals surface area contributed by atoms with Gasteiger partial charge in [0.05, 0.1) is 7.11 Å². The highest BCUT2D eigenvalue weighted by molar-refractivity contribution is 5.87. The van der Waals surface area contributed by atoms with E-state index in [1.165, 1.54) is 6.92 Å². The molecule has 2 amide bonds. The third-order valence-electron chi connectivity index (χ3n) is 3.27. The van der Waals surface area contributed by atoms with Gasteiger partial charge >= 0.3 is 0 Å². The second-order valence-electron chi connectivity index (χ2n) is 5.43. The predicted octanol–water partition coefficient (Wildman–Crippen LogP) is 1.81. The lowest BCUT2D eigenvalue weighted by Gasteiger charge is -2.27. The molecule has 0 saturated carbocycles. The number of para-hydroxylation sites is 1. The Labute approximate surface area is 126 Å². The zero-order valence-electron chi connectivity index (χ0n) is 13.3. The van der Waals surface area contributed by atoms with E-state index in [1.54, 1.807) is 19.1 Å². The smallest absolute Gasteiger partial charge is 0.245 e. The number of nitrogens with zero attached hydrogens (tertiary/aromatic N) is 1. The number of amides is 2. The van der Waals surface area contributed by atoms with Crippen LogP contribution in [-0.4, -0.2) is 36.9 Å². The lowest BCUT2D eigenvalue weighted by atomic mass is 10.0. The minimum atomic E-state index is -0.512. The van der Waals surface area contributed by atoms with Gasteiger partial charge in [-0.25, -0.2) is 0 Å². The van der Waals surface area contributed by atoms with Gasteiger partial charge in [0.15, 0.2) is 0 Å². The fraction of sp³-hybridized carbons (Fsp3) is 0.500. The zero-order valence-corrected chi connectivity index (χ0v) is 13.3. The molecule has 0 spiro atoms. The van der Waals surface area contributed by atoms with E-state index in [4.69, 9.17) is 4.74 Å². The number of carbonyl (C=O) groups excluding carboxylic acids is 2. The van der Waals surface area contributed by atoms with Crippen LogP contribution in [0.15, 0.2) is 24.3 Å². The van der Waals surface area contributed by atoms with Crippen LogP contribution in [0.2, 0.25) is 0 Å². The van der Waals surface area contributed by atoms with Crippen molar-refractivity contribution in [3.8, 4) is 5.75 Å². The van der Waals surface area contributed by atoms with Crippen molar-refractivity contribution in [1.82, 2.24) is 10.2 Å². The van der Waals surface area contributed by atoms with Crippen LogP contribution in [0, 0.1) is 5.92 Å². The lowest BCUT2D eigenvalue weighted by molar-refractivity contribution is -0.136. The largest absolute Gasteiger partial charge is 0.496 e. The Morgan fingerprint density at radius 3 is 2.43 bits per heavy atom. The molecular weight excluding hydrogens is 268 g/mol. The SMILES string of the molecule is COc1ccccc1CN(C)C(=O)C(NC(C)=O)C(C)C.